The quantitative estimate of drug-likeness (QED) is 0.905. The molecule has 2 rings (SSSR count). The van der Waals surface area contributed by atoms with E-state index in [-0.39, 0.29) is 11.8 Å². The van der Waals surface area contributed by atoms with Crippen molar-refractivity contribution in [1.82, 2.24) is 4.90 Å². The lowest BCUT2D eigenvalue weighted by Gasteiger charge is -2.42. The Balaban J connectivity index is 2.28. The molecule has 1 saturated heterocycles. The van der Waals surface area contributed by atoms with Crippen molar-refractivity contribution in [2.45, 2.75) is 45.4 Å². The molecule has 1 fully saturated rings. The van der Waals surface area contributed by atoms with Crippen LogP contribution in [0.25, 0.3) is 0 Å². The summed E-state index contributed by atoms with van der Waals surface area (Å²) < 4.78 is 29.8. The average molecular weight is 298 g/mol. The van der Waals surface area contributed by atoms with E-state index in [2.05, 4.69) is 23.5 Å². The van der Waals surface area contributed by atoms with Gasteiger partial charge in [-0.2, -0.15) is 8.78 Å². The fraction of sp³-hybridized carbons (Fsp3) is 0.625. The van der Waals surface area contributed by atoms with E-state index in [9.17, 15) is 8.78 Å². The van der Waals surface area contributed by atoms with Gasteiger partial charge in [0.25, 0.3) is 0 Å². The van der Waals surface area contributed by atoms with Crippen molar-refractivity contribution in [3.8, 4) is 5.75 Å². The van der Waals surface area contributed by atoms with Gasteiger partial charge in [0.05, 0.1) is 6.04 Å². The van der Waals surface area contributed by atoms with Gasteiger partial charge >= 0.3 is 6.61 Å². The molecule has 0 saturated carbocycles. The fourth-order valence-corrected chi connectivity index (χ4v) is 3.16. The van der Waals surface area contributed by atoms with E-state index in [1.54, 1.807) is 12.1 Å². The zero-order valence-electron chi connectivity index (χ0n) is 12.6. The summed E-state index contributed by atoms with van der Waals surface area (Å²) in [5.74, 6) is 0.826. The number of benzene rings is 1. The van der Waals surface area contributed by atoms with Gasteiger partial charge in [0, 0.05) is 24.7 Å². The van der Waals surface area contributed by atoms with Crippen molar-refractivity contribution in [1.29, 1.82) is 0 Å². The first-order chi connectivity index (χ1) is 10.0. The zero-order chi connectivity index (χ0) is 15.4. The Bertz CT molecular complexity index is 456. The Hall–Kier alpha value is -1.20. The largest absolute Gasteiger partial charge is 0.434 e. The van der Waals surface area contributed by atoms with Crippen LogP contribution in [0.3, 0.4) is 0 Å². The minimum atomic E-state index is -2.82. The molecule has 3 atom stereocenters. The highest BCUT2D eigenvalue weighted by Crippen LogP contribution is 2.34. The van der Waals surface area contributed by atoms with Crippen LogP contribution in [0.2, 0.25) is 0 Å². The second-order valence-electron chi connectivity index (χ2n) is 5.90. The van der Waals surface area contributed by atoms with E-state index in [0.717, 1.165) is 18.5 Å². The van der Waals surface area contributed by atoms with Gasteiger partial charge in [-0.3, -0.25) is 4.90 Å². The lowest BCUT2D eigenvalue weighted by molar-refractivity contribution is -0.0516. The number of ether oxygens (including phenoxy) is 1. The highest BCUT2D eigenvalue weighted by atomic mass is 19.3. The molecule has 1 aliphatic rings. The van der Waals surface area contributed by atoms with Crippen LogP contribution in [0.1, 0.15) is 38.3 Å². The van der Waals surface area contributed by atoms with Crippen LogP contribution in [0.15, 0.2) is 24.3 Å². The van der Waals surface area contributed by atoms with Gasteiger partial charge in [-0.1, -0.05) is 25.1 Å². The van der Waals surface area contributed by atoms with Gasteiger partial charge in [-0.05, 0) is 31.7 Å². The summed E-state index contributed by atoms with van der Waals surface area (Å²) in [7, 11) is 0. The number of nitrogens with two attached hydrogens (primary N) is 1. The lowest BCUT2D eigenvalue weighted by atomic mass is 9.91. The molecule has 118 valence electrons. The standard InChI is InChI=1S/C16H24F2N2O/c1-11-7-8-12(2)20(10-11)14(9-19)13-5-3-4-6-15(13)21-16(17)18/h3-6,11-12,14,16H,7-10,19H2,1-2H3. The number of rotatable bonds is 5. The molecule has 1 aromatic carbocycles. The molecule has 21 heavy (non-hydrogen) atoms. The molecule has 0 aliphatic carbocycles. The van der Waals surface area contributed by atoms with E-state index in [4.69, 9.17) is 5.73 Å². The van der Waals surface area contributed by atoms with E-state index >= 15 is 0 Å². The maximum absolute atomic E-state index is 12.6. The third kappa shape index (κ3) is 3.92. The molecular formula is C16H24F2N2O. The molecule has 0 radical (unpaired) electrons. The third-order valence-electron chi connectivity index (χ3n) is 4.28. The molecule has 0 amide bonds. The summed E-state index contributed by atoms with van der Waals surface area (Å²) in [6, 6.07) is 7.28. The Morgan fingerprint density at radius 1 is 1.29 bits per heavy atom. The maximum Gasteiger partial charge on any atom is 0.387 e. The molecule has 0 spiro atoms. The molecule has 3 nitrogen and oxygen atoms in total. The highest BCUT2D eigenvalue weighted by molar-refractivity contribution is 5.36. The summed E-state index contributed by atoms with van der Waals surface area (Å²) >= 11 is 0. The Morgan fingerprint density at radius 2 is 2.00 bits per heavy atom. The molecular weight excluding hydrogens is 274 g/mol. The van der Waals surface area contributed by atoms with Crippen molar-refractivity contribution in [2.24, 2.45) is 11.7 Å². The number of hydrogen-bond acceptors (Lipinski definition) is 3. The Labute approximate surface area is 125 Å². The zero-order valence-corrected chi connectivity index (χ0v) is 12.6. The highest BCUT2D eigenvalue weighted by Gasteiger charge is 2.31. The van der Waals surface area contributed by atoms with Crippen LogP contribution < -0.4 is 10.5 Å². The normalized spacial score (nSPS) is 25.0. The van der Waals surface area contributed by atoms with Crippen LogP contribution in [-0.2, 0) is 0 Å². The molecule has 5 heteroatoms. The topological polar surface area (TPSA) is 38.5 Å². The van der Waals surface area contributed by atoms with Crippen molar-refractivity contribution < 1.29 is 13.5 Å². The lowest BCUT2D eigenvalue weighted by Crippen LogP contribution is -2.45. The van der Waals surface area contributed by atoms with Crippen LogP contribution in [0.5, 0.6) is 5.75 Å². The molecule has 1 heterocycles. The summed E-state index contributed by atoms with van der Waals surface area (Å²) in [5, 5.41) is 0. The van der Waals surface area contributed by atoms with E-state index < -0.39 is 6.61 Å². The van der Waals surface area contributed by atoms with Crippen LogP contribution in [0.4, 0.5) is 8.78 Å². The molecule has 1 aliphatic heterocycles. The van der Waals surface area contributed by atoms with Gasteiger partial charge in [0.1, 0.15) is 5.75 Å². The number of alkyl halides is 2. The third-order valence-corrected chi connectivity index (χ3v) is 4.28. The van der Waals surface area contributed by atoms with Crippen LogP contribution in [-0.4, -0.2) is 30.6 Å². The first kappa shape index (κ1) is 16.2. The van der Waals surface area contributed by atoms with Crippen molar-refractivity contribution in [3.05, 3.63) is 29.8 Å². The first-order valence-corrected chi connectivity index (χ1v) is 7.52. The number of para-hydroxylation sites is 1. The second kappa shape index (κ2) is 7.18. The van der Waals surface area contributed by atoms with E-state index in [1.807, 2.05) is 12.1 Å². The molecule has 2 N–H and O–H groups in total. The van der Waals surface area contributed by atoms with Crippen molar-refractivity contribution >= 4 is 0 Å². The summed E-state index contributed by atoms with van der Waals surface area (Å²) in [6.07, 6.45) is 2.31. The monoisotopic (exact) mass is 298 g/mol. The smallest absolute Gasteiger partial charge is 0.387 e. The minimum absolute atomic E-state index is 0.0855. The van der Waals surface area contributed by atoms with Gasteiger partial charge in [0.15, 0.2) is 0 Å². The molecule has 0 bridgehead atoms. The first-order valence-electron chi connectivity index (χ1n) is 7.52. The van der Waals surface area contributed by atoms with Crippen LogP contribution >= 0.6 is 0 Å². The second-order valence-corrected chi connectivity index (χ2v) is 5.90. The van der Waals surface area contributed by atoms with Gasteiger partial charge in [-0.25, -0.2) is 0 Å². The Morgan fingerprint density at radius 3 is 2.67 bits per heavy atom. The summed E-state index contributed by atoms with van der Waals surface area (Å²) in [4.78, 5) is 2.32. The van der Waals surface area contributed by atoms with Crippen molar-refractivity contribution in [3.63, 3.8) is 0 Å². The predicted molar refractivity (Wildman–Crippen MR) is 79.4 cm³/mol. The van der Waals surface area contributed by atoms with Crippen LogP contribution in [0, 0.1) is 5.92 Å². The number of hydrogen-bond donors (Lipinski definition) is 1. The number of piperidine rings is 1. The van der Waals surface area contributed by atoms with Gasteiger partial charge < -0.3 is 10.5 Å². The SMILES string of the molecule is CC1CCC(C)N(C(CN)c2ccccc2OC(F)F)C1. The Kier molecular flexibility index (Phi) is 5.53. The van der Waals surface area contributed by atoms with E-state index in [0.29, 0.717) is 18.5 Å². The summed E-state index contributed by atoms with van der Waals surface area (Å²) in [5.41, 5.74) is 6.71. The number of halogens is 2. The minimum Gasteiger partial charge on any atom is -0.434 e. The van der Waals surface area contributed by atoms with Crippen molar-refractivity contribution in [2.75, 3.05) is 13.1 Å². The maximum atomic E-state index is 12.6. The summed E-state index contributed by atoms with van der Waals surface area (Å²) in [6.45, 7) is 2.90. The molecule has 0 aromatic heterocycles. The number of likely N-dealkylation sites (tertiary alicyclic amines) is 1. The molecule has 3 unspecified atom stereocenters. The van der Waals surface area contributed by atoms with Gasteiger partial charge in [0.2, 0.25) is 0 Å². The predicted octanol–water partition coefficient (Wildman–Crippen LogP) is 3.41. The molecule has 1 aromatic rings. The average Bonchev–Trinajstić information content (AvgIpc) is 2.44. The number of nitrogens with zero attached hydrogens (tertiary/aromatic N) is 1. The van der Waals surface area contributed by atoms with Gasteiger partial charge in [-0.15, -0.1) is 0 Å². The fourth-order valence-electron chi connectivity index (χ4n) is 3.16. The van der Waals surface area contributed by atoms with E-state index in [1.165, 1.54) is 6.42 Å².